The van der Waals surface area contributed by atoms with Crippen LogP contribution in [0.3, 0.4) is 0 Å². The van der Waals surface area contributed by atoms with Crippen molar-refractivity contribution in [3.8, 4) is 28.2 Å². The summed E-state index contributed by atoms with van der Waals surface area (Å²) in [6.45, 7) is 0. The lowest BCUT2D eigenvalue weighted by Gasteiger charge is -2.13. The van der Waals surface area contributed by atoms with Gasteiger partial charge in [0.05, 0.1) is 27.6 Å². The van der Waals surface area contributed by atoms with E-state index in [-0.39, 0.29) is 0 Å². The maximum atomic E-state index is 5.11. The average molecular weight is 661 g/mol. The van der Waals surface area contributed by atoms with Crippen molar-refractivity contribution in [2.75, 3.05) is 0 Å². The van der Waals surface area contributed by atoms with Crippen molar-refractivity contribution in [2.45, 2.75) is 0 Å². The van der Waals surface area contributed by atoms with Gasteiger partial charge >= 0.3 is 0 Å². The fourth-order valence-corrected chi connectivity index (χ4v) is 8.92. The average Bonchev–Trinajstić information content (AvgIpc) is 3.85. The number of aromatic nitrogens is 4. The molecule has 4 nitrogen and oxygen atoms in total. The Balaban J connectivity index is 1.20. The number of fused-ring (bicyclic) bond motifs is 13. The molecule has 4 heteroatoms. The maximum absolute atomic E-state index is 5.11. The normalized spacial score (nSPS) is 12.2. The summed E-state index contributed by atoms with van der Waals surface area (Å²) in [5, 5.41) is 22.3. The molecule has 0 aliphatic carbocycles. The van der Waals surface area contributed by atoms with Gasteiger partial charge in [0.15, 0.2) is 5.82 Å². The highest BCUT2D eigenvalue weighted by atomic mass is 15.2. The zero-order chi connectivity index (χ0) is 33.9. The van der Waals surface area contributed by atoms with E-state index in [0.29, 0.717) is 0 Å². The molecule has 0 saturated carbocycles. The lowest BCUT2D eigenvalue weighted by Crippen LogP contribution is -2.02. The van der Waals surface area contributed by atoms with Gasteiger partial charge in [-0.1, -0.05) is 146 Å². The minimum Gasteiger partial charge on any atom is -0.308 e. The summed E-state index contributed by atoms with van der Waals surface area (Å²) in [5.74, 6) is 0.831. The zero-order valence-electron chi connectivity index (χ0n) is 28.0. The molecule has 0 spiro atoms. The van der Waals surface area contributed by atoms with Crippen LogP contribution in [0.25, 0.3) is 110 Å². The monoisotopic (exact) mass is 660 g/mol. The first-order valence-corrected chi connectivity index (χ1v) is 17.8. The van der Waals surface area contributed by atoms with Gasteiger partial charge in [0.25, 0.3) is 0 Å². The summed E-state index contributed by atoms with van der Waals surface area (Å²) in [7, 11) is 0. The molecule has 0 atom stereocenters. The van der Waals surface area contributed by atoms with Gasteiger partial charge in [0, 0.05) is 48.7 Å². The molecule has 12 rings (SSSR count). The molecule has 0 radical (unpaired) electrons. The lowest BCUT2D eigenvalue weighted by atomic mass is 9.98. The molecule has 0 saturated heterocycles. The van der Waals surface area contributed by atoms with Crippen LogP contribution in [0.2, 0.25) is 0 Å². The second-order valence-corrected chi connectivity index (χ2v) is 13.8. The number of benzene rings is 8. The molecule has 8 aromatic carbocycles. The van der Waals surface area contributed by atoms with Crippen LogP contribution in [0.15, 0.2) is 170 Å². The van der Waals surface area contributed by atoms with Crippen LogP contribution < -0.4 is 0 Å². The molecular formula is C48H28N4. The molecule has 0 unspecified atom stereocenters. The predicted octanol–water partition coefficient (Wildman–Crippen LogP) is 12.4. The van der Waals surface area contributed by atoms with Gasteiger partial charge in [-0.05, 0) is 46.2 Å². The van der Waals surface area contributed by atoms with Crippen molar-refractivity contribution >= 4 is 81.4 Å². The van der Waals surface area contributed by atoms with Crippen molar-refractivity contribution in [1.82, 2.24) is 19.2 Å². The largest absolute Gasteiger partial charge is 0.308 e. The van der Waals surface area contributed by atoms with Crippen LogP contribution in [-0.2, 0) is 0 Å². The lowest BCUT2D eigenvalue weighted by molar-refractivity contribution is 0.977. The van der Waals surface area contributed by atoms with Gasteiger partial charge < -0.3 is 4.40 Å². The quantitative estimate of drug-likeness (QED) is 0.189. The van der Waals surface area contributed by atoms with E-state index in [0.717, 1.165) is 38.9 Å². The van der Waals surface area contributed by atoms with Gasteiger partial charge in [-0.2, -0.15) is 0 Å². The van der Waals surface area contributed by atoms with Gasteiger partial charge in [-0.15, -0.1) is 10.2 Å². The summed E-state index contributed by atoms with van der Waals surface area (Å²) in [6.07, 6.45) is 0. The second-order valence-electron chi connectivity index (χ2n) is 13.8. The van der Waals surface area contributed by atoms with Gasteiger partial charge in [-0.25, -0.2) is 0 Å². The minimum atomic E-state index is 0.831. The first kappa shape index (κ1) is 27.7. The minimum absolute atomic E-state index is 0.831. The third-order valence-corrected chi connectivity index (χ3v) is 11.1. The highest BCUT2D eigenvalue weighted by Crippen LogP contribution is 2.48. The number of para-hydroxylation sites is 2. The predicted molar refractivity (Wildman–Crippen MR) is 217 cm³/mol. The fraction of sp³-hybridized carbons (Fsp3) is 0. The number of nitrogens with zero attached hydrogens (tertiary/aromatic N) is 4. The van der Waals surface area contributed by atoms with E-state index in [9.17, 15) is 0 Å². The summed E-state index contributed by atoms with van der Waals surface area (Å²) >= 11 is 0. The van der Waals surface area contributed by atoms with E-state index in [1.54, 1.807) is 0 Å². The van der Waals surface area contributed by atoms with E-state index in [2.05, 4.69) is 179 Å². The Hall–Kier alpha value is -7.04. The third-order valence-electron chi connectivity index (χ3n) is 11.1. The molecule has 0 amide bonds. The van der Waals surface area contributed by atoms with E-state index in [1.165, 1.54) is 70.8 Å². The van der Waals surface area contributed by atoms with Crippen LogP contribution in [0.1, 0.15) is 0 Å². The van der Waals surface area contributed by atoms with E-state index in [4.69, 9.17) is 10.2 Å². The molecule has 0 fully saturated rings. The molecular weight excluding hydrogens is 633 g/mol. The number of hydrogen-bond donors (Lipinski definition) is 0. The van der Waals surface area contributed by atoms with Crippen molar-refractivity contribution in [3.05, 3.63) is 170 Å². The van der Waals surface area contributed by atoms with Crippen LogP contribution in [0.5, 0.6) is 0 Å². The van der Waals surface area contributed by atoms with Crippen molar-refractivity contribution in [3.63, 3.8) is 0 Å². The summed E-state index contributed by atoms with van der Waals surface area (Å²) in [5.41, 5.74) is 10.3. The van der Waals surface area contributed by atoms with Crippen molar-refractivity contribution in [1.29, 1.82) is 0 Å². The molecule has 12 aromatic rings. The Labute approximate surface area is 297 Å². The van der Waals surface area contributed by atoms with Crippen LogP contribution >= 0.6 is 0 Å². The van der Waals surface area contributed by atoms with Crippen LogP contribution in [0.4, 0.5) is 0 Å². The van der Waals surface area contributed by atoms with Gasteiger partial charge in [0.2, 0.25) is 0 Å². The molecule has 0 N–H and O–H groups in total. The summed E-state index contributed by atoms with van der Waals surface area (Å²) in [6, 6.07) is 61.1. The first-order valence-electron chi connectivity index (χ1n) is 17.8. The van der Waals surface area contributed by atoms with Gasteiger partial charge in [-0.3, -0.25) is 4.57 Å². The Kier molecular flexibility index (Phi) is 5.47. The molecule has 4 heterocycles. The van der Waals surface area contributed by atoms with Crippen LogP contribution in [0, 0.1) is 0 Å². The molecule has 52 heavy (non-hydrogen) atoms. The standard InChI is InChI=1S/C48H28N4/c1-2-12-29(13-3-1)30-22-24-32(25-23-30)46-35-17-6-7-18-36(35)48(50-49-46)52-40-21-11-9-19-37(40)44-42(52)28-38-34-16-8-10-20-39(34)51-41-27-26-31-14-4-5-15-33(31)43(41)45(44)47(38)51/h1-28H. The van der Waals surface area contributed by atoms with E-state index in [1.807, 2.05) is 0 Å². The molecule has 4 aromatic heterocycles. The van der Waals surface area contributed by atoms with Crippen molar-refractivity contribution in [2.24, 2.45) is 0 Å². The van der Waals surface area contributed by atoms with Crippen molar-refractivity contribution < 1.29 is 0 Å². The smallest absolute Gasteiger partial charge is 0.168 e. The Morgan fingerprint density at radius 2 is 0.962 bits per heavy atom. The molecule has 240 valence electrons. The van der Waals surface area contributed by atoms with E-state index >= 15 is 0 Å². The topological polar surface area (TPSA) is 35.1 Å². The first-order chi connectivity index (χ1) is 25.8. The SMILES string of the molecule is c1ccc(-c2ccc(-c3nnc(-n4c5ccccc5c5c6c7c8ccccc8ccc7n7c8ccccc8c(cc54)c67)c4ccccc34)cc2)cc1. The summed E-state index contributed by atoms with van der Waals surface area (Å²) < 4.78 is 4.84. The third kappa shape index (κ3) is 3.60. The number of rotatable bonds is 3. The fourth-order valence-electron chi connectivity index (χ4n) is 8.92. The second kappa shape index (κ2) is 10.3. The Morgan fingerprint density at radius 3 is 1.79 bits per heavy atom. The molecule has 0 aliphatic rings. The highest BCUT2D eigenvalue weighted by molar-refractivity contribution is 6.39. The number of hydrogen-bond acceptors (Lipinski definition) is 2. The van der Waals surface area contributed by atoms with Gasteiger partial charge in [0.1, 0.15) is 5.69 Å². The Bertz CT molecular complexity index is 3390. The Morgan fingerprint density at radius 1 is 0.346 bits per heavy atom. The maximum Gasteiger partial charge on any atom is 0.168 e. The van der Waals surface area contributed by atoms with E-state index < -0.39 is 0 Å². The summed E-state index contributed by atoms with van der Waals surface area (Å²) in [4.78, 5) is 0. The zero-order valence-corrected chi connectivity index (χ0v) is 28.0. The molecule has 0 aliphatic heterocycles. The van der Waals surface area contributed by atoms with Crippen LogP contribution in [-0.4, -0.2) is 19.2 Å². The highest BCUT2D eigenvalue weighted by Gasteiger charge is 2.26. The molecule has 0 bridgehead atoms.